The Hall–Kier alpha value is -1.78. The summed E-state index contributed by atoms with van der Waals surface area (Å²) in [5.74, 6) is -0.841. The van der Waals surface area contributed by atoms with E-state index in [1.54, 1.807) is 43.3 Å². The van der Waals surface area contributed by atoms with Crippen LogP contribution in [0.25, 0.3) is 16.8 Å². The SMILES string of the molecule is Cc1c(NCS(=O)(=O)[O-])c(=O)n(-c2ccc(-c3ccoc3)cc2)n1C.[Na+]. The van der Waals surface area contributed by atoms with Crippen molar-refractivity contribution in [3.8, 4) is 16.8 Å². The van der Waals surface area contributed by atoms with Gasteiger partial charge in [0.1, 0.15) is 21.7 Å². The first-order valence-corrected chi connectivity index (χ1v) is 8.95. The summed E-state index contributed by atoms with van der Waals surface area (Å²) in [6.45, 7) is 1.66. The number of aromatic nitrogens is 2. The van der Waals surface area contributed by atoms with Crippen LogP contribution in [0.15, 0.2) is 52.1 Å². The van der Waals surface area contributed by atoms with E-state index in [0.29, 0.717) is 11.4 Å². The van der Waals surface area contributed by atoms with E-state index in [4.69, 9.17) is 4.42 Å². The van der Waals surface area contributed by atoms with Gasteiger partial charge in [-0.3, -0.25) is 9.48 Å². The van der Waals surface area contributed by atoms with E-state index in [-0.39, 0.29) is 35.2 Å². The minimum atomic E-state index is -4.48. The van der Waals surface area contributed by atoms with Crippen LogP contribution in [0.1, 0.15) is 5.69 Å². The predicted molar refractivity (Wildman–Crippen MR) is 91.6 cm³/mol. The number of benzene rings is 1. The fourth-order valence-electron chi connectivity index (χ4n) is 2.59. The van der Waals surface area contributed by atoms with Crippen molar-refractivity contribution in [2.24, 2.45) is 7.05 Å². The van der Waals surface area contributed by atoms with Gasteiger partial charge in [0.05, 0.1) is 23.9 Å². The summed E-state index contributed by atoms with van der Waals surface area (Å²) in [6.07, 6.45) is 3.20. The van der Waals surface area contributed by atoms with Crippen LogP contribution < -0.4 is 40.4 Å². The third-order valence-corrected chi connectivity index (χ3v) is 4.44. The Morgan fingerprint density at radius 1 is 1.15 bits per heavy atom. The second-order valence-corrected chi connectivity index (χ2v) is 6.94. The number of anilines is 1. The Bertz CT molecular complexity index is 1050. The van der Waals surface area contributed by atoms with Gasteiger partial charge in [-0.25, -0.2) is 13.1 Å². The quantitative estimate of drug-likeness (QED) is 0.430. The molecule has 0 fully saturated rings. The first-order chi connectivity index (χ1) is 11.8. The topological polar surface area (TPSA) is 109 Å². The molecule has 0 saturated heterocycles. The predicted octanol–water partition coefficient (Wildman–Crippen LogP) is -1.34. The standard InChI is InChI=1S/C16H17N3O5S.Na/c1-11-15(17-10-25(21,22)23)16(20)19(18(11)2)14-5-3-12(4-6-14)13-7-8-24-9-13;/h3-9,17H,10H2,1-2H3,(H,21,22,23);/q;+1/p-1. The third-order valence-electron chi connectivity index (χ3n) is 3.95. The summed E-state index contributed by atoms with van der Waals surface area (Å²) in [5.41, 5.74) is 2.64. The molecule has 132 valence electrons. The zero-order chi connectivity index (χ0) is 18.2. The van der Waals surface area contributed by atoms with Gasteiger partial charge in [0.15, 0.2) is 0 Å². The fourth-order valence-corrected chi connectivity index (χ4v) is 2.91. The summed E-state index contributed by atoms with van der Waals surface area (Å²) in [6, 6.07) is 9.09. The van der Waals surface area contributed by atoms with E-state index in [9.17, 15) is 17.8 Å². The molecule has 0 saturated carbocycles. The summed E-state index contributed by atoms with van der Waals surface area (Å²) >= 11 is 0. The first-order valence-electron chi connectivity index (χ1n) is 7.37. The van der Waals surface area contributed by atoms with E-state index < -0.39 is 21.6 Å². The van der Waals surface area contributed by atoms with Gasteiger partial charge in [0.25, 0.3) is 5.56 Å². The van der Waals surface area contributed by atoms with Crippen LogP contribution in [-0.4, -0.2) is 28.2 Å². The van der Waals surface area contributed by atoms with E-state index in [1.807, 2.05) is 18.2 Å². The Kier molecular flexibility index (Phi) is 6.20. The van der Waals surface area contributed by atoms with Gasteiger partial charge in [-0.1, -0.05) is 12.1 Å². The van der Waals surface area contributed by atoms with Gasteiger partial charge in [-0.05, 0) is 30.7 Å². The molecule has 1 aromatic carbocycles. The molecule has 0 aliphatic heterocycles. The zero-order valence-corrected chi connectivity index (χ0v) is 17.4. The minimum absolute atomic E-state index is 0. The first kappa shape index (κ1) is 20.5. The number of rotatable bonds is 5. The van der Waals surface area contributed by atoms with E-state index >= 15 is 0 Å². The summed E-state index contributed by atoms with van der Waals surface area (Å²) in [7, 11) is -2.80. The molecule has 3 rings (SSSR count). The van der Waals surface area contributed by atoms with Crippen molar-refractivity contribution in [3.05, 3.63) is 58.9 Å². The number of nitrogens with zero attached hydrogens (tertiary/aromatic N) is 2. The number of hydrogen-bond acceptors (Lipinski definition) is 6. The average Bonchev–Trinajstić information content (AvgIpc) is 3.15. The molecule has 3 aromatic rings. The molecule has 0 bridgehead atoms. The van der Waals surface area contributed by atoms with Crippen LogP contribution in [0.3, 0.4) is 0 Å². The van der Waals surface area contributed by atoms with Crippen molar-refractivity contribution in [2.75, 3.05) is 11.2 Å². The number of nitrogens with one attached hydrogen (secondary N) is 1. The van der Waals surface area contributed by atoms with Crippen LogP contribution in [0.4, 0.5) is 5.69 Å². The van der Waals surface area contributed by atoms with Crippen molar-refractivity contribution in [1.29, 1.82) is 0 Å². The molecular formula is C16H16N3NaO5S. The third kappa shape index (κ3) is 4.13. The molecule has 8 nitrogen and oxygen atoms in total. The van der Waals surface area contributed by atoms with Gasteiger partial charge < -0.3 is 14.3 Å². The van der Waals surface area contributed by atoms with Crippen LogP contribution in [0.2, 0.25) is 0 Å². The minimum Gasteiger partial charge on any atom is -0.747 e. The molecule has 0 unspecified atom stereocenters. The maximum absolute atomic E-state index is 12.6. The Morgan fingerprint density at radius 2 is 1.81 bits per heavy atom. The number of hydrogen-bond donors (Lipinski definition) is 1. The molecule has 2 aromatic heterocycles. The fraction of sp³-hybridized carbons (Fsp3) is 0.188. The molecule has 0 aliphatic carbocycles. The molecule has 0 spiro atoms. The van der Waals surface area contributed by atoms with Crippen molar-refractivity contribution >= 4 is 15.8 Å². The molecular weight excluding hydrogens is 369 g/mol. The largest absolute Gasteiger partial charge is 1.00 e. The molecule has 2 heterocycles. The molecule has 0 radical (unpaired) electrons. The second-order valence-electron chi connectivity index (χ2n) is 5.54. The van der Waals surface area contributed by atoms with E-state index in [2.05, 4.69) is 5.32 Å². The van der Waals surface area contributed by atoms with E-state index in [0.717, 1.165) is 11.1 Å². The normalized spacial score (nSPS) is 11.2. The molecule has 0 atom stereocenters. The smallest absolute Gasteiger partial charge is 0.747 e. The Balaban J connectivity index is 0.00000243. The molecule has 26 heavy (non-hydrogen) atoms. The maximum atomic E-state index is 12.6. The van der Waals surface area contributed by atoms with Crippen LogP contribution in [0, 0.1) is 6.92 Å². The van der Waals surface area contributed by atoms with Crippen LogP contribution in [-0.2, 0) is 17.2 Å². The van der Waals surface area contributed by atoms with Gasteiger partial charge in [0.2, 0.25) is 0 Å². The van der Waals surface area contributed by atoms with E-state index in [1.165, 1.54) is 4.68 Å². The van der Waals surface area contributed by atoms with Gasteiger partial charge in [-0.15, -0.1) is 0 Å². The Morgan fingerprint density at radius 3 is 2.35 bits per heavy atom. The number of furan rings is 1. The van der Waals surface area contributed by atoms with Crippen molar-refractivity contribution < 1.29 is 46.9 Å². The zero-order valence-electron chi connectivity index (χ0n) is 14.6. The second kappa shape index (κ2) is 7.85. The molecule has 0 amide bonds. The van der Waals surface area contributed by atoms with Crippen molar-refractivity contribution in [2.45, 2.75) is 6.92 Å². The van der Waals surface area contributed by atoms with Crippen molar-refractivity contribution in [3.63, 3.8) is 0 Å². The monoisotopic (exact) mass is 385 g/mol. The summed E-state index contributed by atoms with van der Waals surface area (Å²) in [4.78, 5) is 12.6. The van der Waals surface area contributed by atoms with Crippen molar-refractivity contribution in [1.82, 2.24) is 9.36 Å². The van der Waals surface area contributed by atoms with Crippen LogP contribution in [0.5, 0.6) is 0 Å². The van der Waals surface area contributed by atoms with Gasteiger partial charge in [0, 0.05) is 12.6 Å². The molecule has 1 N–H and O–H groups in total. The average molecular weight is 385 g/mol. The Labute approximate surface area is 172 Å². The summed E-state index contributed by atoms with van der Waals surface area (Å²) < 4.78 is 40.4. The maximum Gasteiger partial charge on any atom is 1.00 e. The van der Waals surface area contributed by atoms with Gasteiger partial charge in [-0.2, -0.15) is 0 Å². The molecule has 0 aliphatic rings. The summed E-state index contributed by atoms with van der Waals surface area (Å²) in [5, 5.41) is 2.42. The van der Waals surface area contributed by atoms with Gasteiger partial charge >= 0.3 is 29.6 Å². The molecule has 10 heteroatoms. The van der Waals surface area contributed by atoms with Crippen LogP contribution >= 0.6 is 0 Å².